The fourth-order valence-electron chi connectivity index (χ4n) is 4.06. The molecule has 3 aromatic rings. The molecule has 1 atom stereocenters. The first kappa shape index (κ1) is 22.3. The number of carbonyl (C=O) groups is 1. The second-order valence-corrected chi connectivity index (χ2v) is 10.2. The van der Waals surface area contributed by atoms with Crippen molar-refractivity contribution in [1.29, 1.82) is 0 Å². The molecule has 1 aliphatic heterocycles. The predicted molar refractivity (Wildman–Crippen MR) is 122 cm³/mol. The topological polar surface area (TPSA) is 93.5 Å². The third-order valence-corrected chi connectivity index (χ3v) is 7.57. The second-order valence-electron chi connectivity index (χ2n) is 8.01. The van der Waals surface area contributed by atoms with Crippen molar-refractivity contribution < 1.29 is 17.9 Å². The monoisotopic (exact) mass is 456 g/mol. The number of ether oxygens (including phenoxy) is 1. The highest BCUT2D eigenvalue weighted by Crippen LogP contribution is 2.31. The molecule has 1 unspecified atom stereocenters. The summed E-state index contributed by atoms with van der Waals surface area (Å²) in [4.78, 5) is 17.6. The number of aromatic nitrogens is 2. The van der Waals surface area contributed by atoms with Crippen molar-refractivity contribution in [2.45, 2.75) is 43.7 Å². The molecule has 0 saturated heterocycles. The van der Waals surface area contributed by atoms with Gasteiger partial charge in [0.2, 0.25) is 15.9 Å². The van der Waals surface area contributed by atoms with E-state index in [0.29, 0.717) is 31.5 Å². The number of nitrogens with one attached hydrogen (secondary N) is 1. The first-order chi connectivity index (χ1) is 15.3. The minimum atomic E-state index is -3.54. The highest BCUT2D eigenvalue weighted by molar-refractivity contribution is 7.89. The van der Waals surface area contributed by atoms with Crippen LogP contribution in [0, 0.1) is 0 Å². The summed E-state index contributed by atoms with van der Waals surface area (Å²) >= 11 is 0. The lowest BCUT2D eigenvalue weighted by atomic mass is 10.0. The molecule has 0 bridgehead atoms. The Hall–Kier alpha value is -2.91. The number of para-hydroxylation sites is 1. The van der Waals surface area contributed by atoms with Gasteiger partial charge in [0.05, 0.1) is 28.6 Å². The standard InChI is InChI=1S/C23H28N4O4S/c1-4-27-20-10-9-16(32(29,30)26(2)3)15-19(20)24-22(27)11-12-23(28)25-18-13-14-31-21-8-6-5-7-17(18)21/h5-10,15,18H,4,11-14H2,1-3H3,(H,25,28). The minimum Gasteiger partial charge on any atom is -0.493 e. The Morgan fingerprint density at radius 2 is 2.03 bits per heavy atom. The zero-order chi connectivity index (χ0) is 22.9. The van der Waals surface area contributed by atoms with Crippen LogP contribution in [0.4, 0.5) is 0 Å². The third-order valence-electron chi connectivity index (χ3n) is 5.76. The van der Waals surface area contributed by atoms with Gasteiger partial charge in [0.15, 0.2) is 0 Å². The quantitative estimate of drug-likeness (QED) is 0.590. The molecule has 0 saturated carbocycles. The van der Waals surface area contributed by atoms with Crippen LogP contribution >= 0.6 is 0 Å². The maximum absolute atomic E-state index is 12.7. The van der Waals surface area contributed by atoms with E-state index in [0.717, 1.165) is 29.1 Å². The Balaban J connectivity index is 1.50. The summed E-state index contributed by atoms with van der Waals surface area (Å²) in [7, 11) is -0.525. The molecule has 0 aliphatic carbocycles. The lowest BCUT2D eigenvalue weighted by Gasteiger charge is -2.26. The zero-order valence-corrected chi connectivity index (χ0v) is 19.4. The SMILES string of the molecule is CCn1c(CCC(=O)NC2CCOc3ccccc32)nc2cc(S(=O)(=O)N(C)C)ccc21. The molecule has 0 spiro atoms. The van der Waals surface area contributed by atoms with Gasteiger partial charge >= 0.3 is 0 Å². The normalized spacial score (nSPS) is 16.1. The summed E-state index contributed by atoms with van der Waals surface area (Å²) < 4.78 is 33.8. The average Bonchev–Trinajstić information content (AvgIpc) is 3.14. The minimum absolute atomic E-state index is 0.0442. The van der Waals surface area contributed by atoms with Crippen molar-refractivity contribution in [1.82, 2.24) is 19.2 Å². The van der Waals surface area contributed by atoms with Gasteiger partial charge in [-0.25, -0.2) is 17.7 Å². The van der Waals surface area contributed by atoms with Gasteiger partial charge in [-0.05, 0) is 31.2 Å². The summed E-state index contributed by atoms with van der Waals surface area (Å²) in [6, 6.07) is 12.7. The number of hydrogen-bond acceptors (Lipinski definition) is 5. The van der Waals surface area contributed by atoms with E-state index in [1.165, 1.54) is 18.4 Å². The van der Waals surface area contributed by atoms with Gasteiger partial charge in [0, 0.05) is 45.5 Å². The van der Waals surface area contributed by atoms with Gasteiger partial charge in [-0.2, -0.15) is 0 Å². The van der Waals surface area contributed by atoms with Crippen LogP contribution in [0.25, 0.3) is 11.0 Å². The Labute approximate surface area is 188 Å². The van der Waals surface area contributed by atoms with Crippen molar-refractivity contribution in [2.24, 2.45) is 0 Å². The van der Waals surface area contributed by atoms with E-state index in [1.807, 2.05) is 35.8 Å². The fraction of sp³-hybridized carbons (Fsp3) is 0.391. The smallest absolute Gasteiger partial charge is 0.242 e. The Morgan fingerprint density at radius 1 is 1.25 bits per heavy atom. The molecule has 2 heterocycles. The summed E-state index contributed by atoms with van der Waals surface area (Å²) in [5.74, 6) is 1.54. The number of carbonyl (C=O) groups excluding carboxylic acids is 1. The van der Waals surface area contributed by atoms with E-state index in [9.17, 15) is 13.2 Å². The van der Waals surface area contributed by atoms with Crippen molar-refractivity contribution in [3.05, 3.63) is 53.9 Å². The number of sulfonamides is 1. The highest BCUT2D eigenvalue weighted by atomic mass is 32.2. The molecule has 8 nitrogen and oxygen atoms in total. The number of benzene rings is 2. The number of fused-ring (bicyclic) bond motifs is 2. The Bertz CT molecular complexity index is 1250. The van der Waals surface area contributed by atoms with Crippen molar-refractivity contribution in [3.63, 3.8) is 0 Å². The zero-order valence-electron chi connectivity index (χ0n) is 18.5. The van der Waals surface area contributed by atoms with Gasteiger partial charge in [-0.3, -0.25) is 4.79 Å². The molecule has 1 amide bonds. The van der Waals surface area contributed by atoms with Crippen LogP contribution < -0.4 is 10.1 Å². The molecular weight excluding hydrogens is 428 g/mol. The largest absolute Gasteiger partial charge is 0.493 e. The van der Waals surface area contributed by atoms with Crippen molar-refractivity contribution >= 4 is 27.0 Å². The van der Waals surface area contributed by atoms with Gasteiger partial charge in [-0.15, -0.1) is 0 Å². The van der Waals surface area contributed by atoms with E-state index in [2.05, 4.69) is 10.3 Å². The van der Waals surface area contributed by atoms with Gasteiger partial charge in [0.1, 0.15) is 11.6 Å². The molecular formula is C23H28N4O4S. The number of rotatable bonds is 7. The van der Waals surface area contributed by atoms with E-state index in [1.54, 1.807) is 18.2 Å². The lowest BCUT2D eigenvalue weighted by Crippen LogP contribution is -2.32. The van der Waals surface area contributed by atoms with Crippen molar-refractivity contribution in [2.75, 3.05) is 20.7 Å². The van der Waals surface area contributed by atoms with E-state index < -0.39 is 10.0 Å². The van der Waals surface area contributed by atoms with Crippen LogP contribution in [0.2, 0.25) is 0 Å². The van der Waals surface area contributed by atoms with Crippen LogP contribution in [0.5, 0.6) is 5.75 Å². The van der Waals surface area contributed by atoms with E-state index >= 15 is 0 Å². The molecule has 2 aromatic carbocycles. The Kier molecular flexibility index (Phi) is 6.21. The number of hydrogen-bond donors (Lipinski definition) is 1. The number of aryl methyl sites for hydroxylation is 2. The van der Waals surface area contributed by atoms with Crippen LogP contribution in [-0.2, 0) is 27.8 Å². The molecule has 0 fully saturated rings. The number of imidazole rings is 1. The summed E-state index contributed by atoms with van der Waals surface area (Å²) in [5, 5.41) is 3.12. The van der Waals surface area contributed by atoms with E-state index in [-0.39, 0.29) is 16.8 Å². The summed E-state index contributed by atoms with van der Waals surface area (Å²) in [6.07, 6.45) is 1.50. The number of nitrogens with zero attached hydrogens (tertiary/aromatic N) is 3. The molecule has 0 radical (unpaired) electrons. The predicted octanol–water partition coefficient (Wildman–Crippen LogP) is 2.88. The maximum atomic E-state index is 12.7. The summed E-state index contributed by atoms with van der Waals surface area (Å²) in [5.41, 5.74) is 2.48. The van der Waals surface area contributed by atoms with E-state index in [4.69, 9.17) is 4.74 Å². The van der Waals surface area contributed by atoms with Crippen molar-refractivity contribution in [3.8, 4) is 5.75 Å². The molecule has 1 aliphatic rings. The van der Waals surface area contributed by atoms with Gasteiger partial charge < -0.3 is 14.6 Å². The first-order valence-corrected chi connectivity index (χ1v) is 12.2. The molecule has 4 rings (SSSR count). The molecule has 1 N–H and O–H groups in total. The highest BCUT2D eigenvalue weighted by Gasteiger charge is 2.23. The number of amides is 1. The van der Waals surface area contributed by atoms with Crippen LogP contribution in [-0.4, -0.2) is 48.9 Å². The second kappa shape index (κ2) is 8.91. The van der Waals surface area contributed by atoms with Gasteiger partial charge in [-0.1, -0.05) is 18.2 Å². The molecule has 170 valence electrons. The molecule has 32 heavy (non-hydrogen) atoms. The average molecular weight is 457 g/mol. The maximum Gasteiger partial charge on any atom is 0.242 e. The Morgan fingerprint density at radius 3 is 2.78 bits per heavy atom. The third kappa shape index (κ3) is 4.22. The summed E-state index contributed by atoms with van der Waals surface area (Å²) in [6.45, 7) is 3.26. The van der Waals surface area contributed by atoms with Crippen LogP contribution in [0.1, 0.15) is 37.2 Å². The molecule has 1 aromatic heterocycles. The van der Waals surface area contributed by atoms with Crippen LogP contribution in [0.15, 0.2) is 47.4 Å². The fourth-order valence-corrected chi connectivity index (χ4v) is 4.98. The lowest BCUT2D eigenvalue weighted by molar-refractivity contribution is -0.122. The van der Waals surface area contributed by atoms with Crippen LogP contribution in [0.3, 0.4) is 0 Å². The first-order valence-electron chi connectivity index (χ1n) is 10.7. The molecule has 9 heteroatoms. The van der Waals surface area contributed by atoms with Gasteiger partial charge in [0.25, 0.3) is 0 Å².